The number of alkyl halides is 1. The topological polar surface area (TPSA) is 36.9 Å². The first-order valence-corrected chi connectivity index (χ1v) is 11.4. The largest absolute Gasteiger partial charge is 0.374 e. The van der Waals surface area contributed by atoms with Gasteiger partial charge in [0.25, 0.3) is 0 Å². The van der Waals surface area contributed by atoms with Crippen molar-refractivity contribution in [2.24, 2.45) is 5.92 Å². The van der Waals surface area contributed by atoms with Gasteiger partial charge in [0.1, 0.15) is 6.10 Å². The Morgan fingerprint density at radius 3 is 1.64 bits per heavy atom. The van der Waals surface area contributed by atoms with Crippen LogP contribution in [0.1, 0.15) is 23.6 Å². The summed E-state index contributed by atoms with van der Waals surface area (Å²) in [6.07, 6.45) is -3.32. The molecule has 3 aromatic carbocycles. The third-order valence-corrected chi connectivity index (χ3v) is 5.96. The molecule has 3 unspecified atom stereocenters. The molecular formula is C28H31FO4. The number of hydrogen-bond acceptors (Lipinski definition) is 4. The van der Waals surface area contributed by atoms with E-state index in [1.807, 2.05) is 97.9 Å². The number of benzene rings is 3. The summed E-state index contributed by atoms with van der Waals surface area (Å²) in [4.78, 5) is 0. The van der Waals surface area contributed by atoms with Gasteiger partial charge in [-0.25, -0.2) is 4.39 Å². The van der Waals surface area contributed by atoms with Crippen molar-refractivity contribution in [3.63, 3.8) is 0 Å². The van der Waals surface area contributed by atoms with E-state index >= 15 is 4.39 Å². The minimum atomic E-state index is -1.60. The highest BCUT2D eigenvalue weighted by atomic mass is 19.1. The van der Waals surface area contributed by atoms with Crippen LogP contribution < -0.4 is 0 Å². The SMILES string of the molecule is C[C@H]1C(COCc2ccccc2)OC(F)C(OCc2ccccc2)[C@@H]1OCc1ccccc1. The van der Waals surface area contributed by atoms with Crippen LogP contribution in [0.25, 0.3) is 0 Å². The fourth-order valence-corrected chi connectivity index (χ4v) is 4.04. The minimum Gasteiger partial charge on any atom is -0.374 e. The number of ether oxygens (including phenoxy) is 4. The van der Waals surface area contributed by atoms with Crippen LogP contribution in [-0.2, 0) is 38.8 Å². The summed E-state index contributed by atoms with van der Waals surface area (Å²) in [5.41, 5.74) is 3.08. The Morgan fingerprint density at radius 2 is 1.12 bits per heavy atom. The van der Waals surface area contributed by atoms with Gasteiger partial charge < -0.3 is 18.9 Å². The Bertz CT molecular complexity index is 938. The zero-order valence-corrected chi connectivity index (χ0v) is 18.9. The second-order valence-corrected chi connectivity index (χ2v) is 8.41. The van der Waals surface area contributed by atoms with Crippen molar-refractivity contribution in [2.45, 2.75) is 51.4 Å². The van der Waals surface area contributed by atoms with Gasteiger partial charge in [0.2, 0.25) is 6.36 Å². The zero-order valence-electron chi connectivity index (χ0n) is 18.9. The molecular weight excluding hydrogens is 419 g/mol. The molecule has 0 saturated carbocycles. The second-order valence-electron chi connectivity index (χ2n) is 8.41. The maximum absolute atomic E-state index is 15.2. The average Bonchev–Trinajstić information content (AvgIpc) is 2.86. The van der Waals surface area contributed by atoms with E-state index in [0.29, 0.717) is 19.8 Å². The molecule has 4 rings (SSSR count). The molecule has 0 radical (unpaired) electrons. The van der Waals surface area contributed by atoms with Crippen molar-refractivity contribution in [1.29, 1.82) is 0 Å². The van der Waals surface area contributed by atoms with Crippen molar-refractivity contribution in [1.82, 2.24) is 0 Å². The molecule has 1 heterocycles. The Morgan fingerprint density at radius 1 is 0.667 bits per heavy atom. The van der Waals surface area contributed by atoms with E-state index in [-0.39, 0.29) is 12.5 Å². The lowest BCUT2D eigenvalue weighted by Crippen LogP contribution is -2.55. The van der Waals surface area contributed by atoms with Crippen LogP contribution in [0.4, 0.5) is 4.39 Å². The van der Waals surface area contributed by atoms with Crippen molar-refractivity contribution < 1.29 is 23.3 Å². The van der Waals surface area contributed by atoms with E-state index in [1.165, 1.54) is 0 Å². The lowest BCUT2D eigenvalue weighted by atomic mass is 9.90. The third-order valence-electron chi connectivity index (χ3n) is 5.96. The van der Waals surface area contributed by atoms with Crippen LogP contribution in [0.15, 0.2) is 91.0 Å². The summed E-state index contributed by atoms with van der Waals surface area (Å²) < 4.78 is 39.1. The fourth-order valence-electron chi connectivity index (χ4n) is 4.04. The highest BCUT2D eigenvalue weighted by Crippen LogP contribution is 2.32. The minimum absolute atomic E-state index is 0.114. The van der Waals surface area contributed by atoms with Crippen LogP contribution in [0, 0.1) is 5.92 Å². The molecule has 0 bridgehead atoms. The Hall–Kier alpha value is -2.57. The van der Waals surface area contributed by atoms with Crippen molar-refractivity contribution in [2.75, 3.05) is 6.61 Å². The summed E-state index contributed by atoms with van der Waals surface area (Å²) in [7, 11) is 0. The number of halogens is 1. The fraction of sp³-hybridized carbons (Fsp3) is 0.357. The van der Waals surface area contributed by atoms with Crippen molar-refractivity contribution in [3.05, 3.63) is 108 Å². The third kappa shape index (κ3) is 6.71. The molecule has 0 aromatic heterocycles. The lowest BCUT2D eigenvalue weighted by molar-refractivity contribution is -0.273. The molecule has 5 heteroatoms. The maximum atomic E-state index is 15.2. The molecule has 0 amide bonds. The first-order valence-electron chi connectivity index (χ1n) is 11.4. The monoisotopic (exact) mass is 450 g/mol. The average molecular weight is 451 g/mol. The molecule has 0 aliphatic carbocycles. The van der Waals surface area contributed by atoms with E-state index < -0.39 is 24.7 Å². The van der Waals surface area contributed by atoms with E-state index in [9.17, 15) is 0 Å². The van der Waals surface area contributed by atoms with Crippen LogP contribution in [0.3, 0.4) is 0 Å². The van der Waals surface area contributed by atoms with E-state index in [0.717, 1.165) is 16.7 Å². The van der Waals surface area contributed by atoms with Gasteiger partial charge in [-0.05, 0) is 16.7 Å². The van der Waals surface area contributed by atoms with Gasteiger partial charge in [0, 0.05) is 5.92 Å². The quantitative estimate of drug-likeness (QED) is 0.397. The summed E-state index contributed by atoms with van der Waals surface area (Å²) in [6, 6.07) is 29.5. The van der Waals surface area contributed by atoms with Gasteiger partial charge >= 0.3 is 0 Å². The summed E-state index contributed by atoms with van der Waals surface area (Å²) in [6.45, 7) is 3.42. The van der Waals surface area contributed by atoms with E-state index in [2.05, 4.69) is 0 Å². The van der Waals surface area contributed by atoms with Gasteiger partial charge in [-0.15, -0.1) is 0 Å². The standard InChI is InChI=1S/C28H31FO4/c1-21-25(20-30-17-22-11-5-2-6-12-22)33-28(29)27(32-19-24-15-9-4-10-16-24)26(21)31-18-23-13-7-3-8-14-23/h2-16,21,25-28H,17-20H2,1H3/t21-,25?,26+,27?,28?/m0/s1. The normalized spacial score (nSPS) is 25.1. The summed E-state index contributed by atoms with van der Waals surface area (Å²) in [5.74, 6) is -0.114. The molecule has 5 atom stereocenters. The van der Waals surface area contributed by atoms with Gasteiger partial charge in [-0.1, -0.05) is 97.9 Å². The smallest absolute Gasteiger partial charge is 0.228 e. The predicted octanol–water partition coefficient (Wildman–Crippen LogP) is 5.70. The molecule has 33 heavy (non-hydrogen) atoms. The van der Waals surface area contributed by atoms with Gasteiger partial charge in [0.05, 0.1) is 38.6 Å². The zero-order chi connectivity index (χ0) is 22.9. The van der Waals surface area contributed by atoms with Crippen LogP contribution in [0.5, 0.6) is 0 Å². The van der Waals surface area contributed by atoms with Gasteiger partial charge in [0.15, 0.2) is 0 Å². The van der Waals surface area contributed by atoms with Crippen LogP contribution in [0.2, 0.25) is 0 Å². The maximum Gasteiger partial charge on any atom is 0.228 e. The van der Waals surface area contributed by atoms with Gasteiger partial charge in [-0.3, -0.25) is 0 Å². The Labute approximate surface area is 195 Å². The molecule has 1 saturated heterocycles. The first kappa shape index (κ1) is 23.6. The molecule has 4 nitrogen and oxygen atoms in total. The Balaban J connectivity index is 1.41. The molecule has 1 aliphatic heterocycles. The second kappa shape index (κ2) is 12.1. The molecule has 0 N–H and O–H groups in total. The highest BCUT2D eigenvalue weighted by molar-refractivity contribution is 5.15. The lowest BCUT2D eigenvalue weighted by Gasteiger charge is -2.42. The first-order chi connectivity index (χ1) is 16.2. The molecule has 1 aliphatic rings. The van der Waals surface area contributed by atoms with Crippen LogP contribution >= 0.6 is 0 Å². The number of hydrogen-bond donors (Lipinski definition) is 0. The number of rotatable bonds is 10. The van der Waals surface area contributed by atoms with Crippen molar-refractivity contribution >= 4 is 0 Å². The molecule has 3 aromatic rings. The summed E-state index contributed by atoms with van der Waals surface area (Å²) in [5, 5.41) is 0. The van der Waals surface area contributed by atoms with Crippen molar-refractivity contribution in [3.8, 4) is 0 Å². The molecule has 0 spiro atoms. The molecule has 174 valence electrons. The summed E-state index contributed by atoms with van der Waals surface area (Å²) >= 11 is 0. The predicted molar refractivity (Wildman–Crippen MR) is 125 cm³/mol. The highest BCUT2D eigenvalue weighted by Gasteiger charge is 2.45. The van der Waals surface area contributed by atoms with Gasteiger partial charge in [-0.2, -0.15) is 0 Å². The van der Waals surface area contributed by atoms with E-state index in [4.69, 9.17) is 18.9 Å². The Kier molecular flexibility index (Phi) is 8.61. The molecule has 1 fully saturated rings. The van der Waals surface area contributed by atoms with Crippen LogP contribution in [-0.4, -0.2) is 31.3 Å². The van der Waals surface area contributed by atoms with E-state index in [1.54, 1.807) is 0 Å².